The van der Waals surface area contributed by atoms with E-state index in [0.717, 1.165) is 62.6 Å². The van der Waals surface area contributed by atoms with E-state index in [1.165, 1.54) is 38.3 Å². The van der Waals surface area contributed by atoms with E-state index < -0.39 is 23.3 Å². The lowest BCUT2D eigenvalue weighted by Gasteiger charge is -2.30. The molecule has 1 aromatic rings. The lowest BCUT2D eigenvalue weighted by Crippen LogP contribution is -2.56. The summed E-state index contributed by atoms with van der Waals surface area (Å²) in [6.45, 7) is 3.60. The Labute approximate surface area is 208 Å². The number of hydrogen-bond acceptors (Lipinski definition) is 5. The maximum atomic E-state index is 13.7. The maximum Gasteiger partial charge on any atom is 0.325 e. The van der Waals surface area contributed by atoms with Crippen molar-refractivity contribution in [1.29, 1.82) is 0 Å². The van der Waals surface area contributed by atoms with Crippen LogP contribution in [0.25, 0.3) is 0 Å². The largest absolute Gasteiger partial charge is 0.468 e. The molecule has 0 unspecified atom stereocenters. The summed E-state index contributed by atoms with van der Waals surface area (Å²) >= 11 is 0. The van der Waals surface area contributed by atoms with Gasteiger partial charge < -0.3 is 19.5 Å². The van der Waals surface area contributed by atoms with Gasteiger partial charge in [-0.3, -0.25) is 19.2 Å². The maximum absolute atomic E-state index is 13.7. The molecular weight excluding hydrogens is 446 g/mol. The van der Waals surface area contributed by atoms with E-state index in [0.29, 0.717) is 12.5 Å². The van der Waals surface area contributed by atoms with Gasteiger partial charge in [0.05, 0.1) is 7.11 Å². The number of nitrogens with one attached hydrogen (secondary N) is 1. The molecule has 35 heavy (non-hydrogen) atoms. The fourth-order valence-electron chi connectivity index (χ4n) is 5.43. The van der Waals surface area contributed by atoms with Crippen molar-refractivity contribution in [3.05, 3.63) is 33.2 Å². The molecule has 3 rings (SSSR count). The third kappa shape index (κ3) is 6.73. The number of carbonyl (C=O) groups excluding carboxylic acids is 3. The Morgan fingerprint density at radius 2 is 1.69 bits per heavy atom. The quantitative estimate of drug-likeness (QED) is 0.596. The average Bonchev–Trinajstić information content (AvgIpc) is 2.81. The van der Waals surface area contributed by atoms with Gasteiger partial charge >= 0.3 is 5.97 Å². The molecule has 0 radical (unpaired) electrons. The highest BCUT2D eigenvalue weighted by Crippen LogP contribution is 2.27. The summed E-state index contributed by atoms with van der Waals surface area (Å²) in [7, 11) is 2.74. The van der Waals surface area contributed by atoms with Crippen LogP contribution in [0.1, 0.15) is 93.3 Å². The van der Waals surface area contributed by atoms with Crippen LogP contribution in [0.5, 0.6) is 0 Å². The van der Waals surface area contributed by atoms with Gasteiger partial charge in [-0.1, -0.05) is 32.1 Å². The van der Waals surface area contributed by atoms with Crippen molar-refractivity contribution < 1.29 is 19.1 Å². The minimum absolute atomic E-state index is 0.0941. The van der Waals surface area contributed by atoms with Crippen LogP contribution in [0.15, 0.2) is 10.9 Å². The number of carbonyl (C=O) groups is 3. The average molecular weight is 488 g/mol. The number of aryl methyl sites for hydroxylation is 1. The van der Waals surface area contributed by atoms with Gasteiger partial charge in [0.15, 0.2) is 0 Å². The summed E-state index contributed by atoms with van der Waals surface area (Å²) in [6, 6.07) is 1.76. The zero-order chi connectivity index (χ0) is 25.6. The molecule has 1 fully saturated rings. The Morgan fingerprint density at radius 1 is 1.06 bits per heavy atom. The van der Waals surface area contributed by atoms with E-state index >= 15 is 0 Å². The fourth-order valence-corrected chi connectivity index (χ4v) is 5.43. The van der Waals surface area contributed by atoms with Gasteiger partial charge in [0, 0.05) is 19.3 Å². The Hall–Kier alpha value is -2.64. The molecule has 0 atom stereocenters. The van der Waals surface area contributed by atoms with Gasteiger partial charge in [0.2, 0.25) is 5.91 Å². The van der Waals surface area contributed by atoms with Crippen LogP contribution in [0.4, 0.5) is 0 Å². The van der Waals surface area contributed by atoms with Crippen LogP contribution >= 0.6 is 0 Å². The monoisotopic (exact) mass is 487 g/mol. The van der Waals surface area contributed by atoms with Crippen molar-refractivity contribution in [1.82, 2.24) is 14.8 Å². The van der Waals surface area contributed by atoms with Gasteiger partial charge in [0.1, 0.15) is 17.6 Å². The second-order valence-corrected chi connectivity index (χ2v) is 10.7. The fraction of sp³-hybridized carbons (Fsp3) is 0.704. The number of amides is 2. The molecule has 8 heteroatoms. The summed E-state index contributed by atoms with van der Waals surface area (Å²) in [5.41, 5.74) is 0.697. The molecule has 1 saturated carbocycles. The topological polar surface area (TPSA) is 97.7 Å². The normalized spacial score (nSPS) is 17.0. The molecule has 0 spiro atoms. The number of ether oxygens (including phenoxy) is 1. The van der Waals surface area contributed by atoms with E-state index in [4.69, 9.17) is 0 Å². The summed E-state index contributed by atoms with van der Waals surface area (Å²) in [4.78, 5) is 52.8. The lowest BCUT2D eigenvalue weighted by atomic mass is 9.88. The van der Waals surface area contributed by atoms with Gasteiger partial charge in [-0.2, -0.15) is 0 Å². The zero-order valence-corrected chi connectivity index (χ0v) is 21.8. The minimum Gasteiger partial charge on any atom is -0.468 e. The van der Waals surface area contributed by atoms with Crippen LogP contribution in [0.3, 0.4) is 0 Å². The molecule has 1 heterocycles. The Kier molecular flexibility index (Phi) is 9.14. The van der Waals surface area contributed by atoms with Gasteiger partial charge in [-0.05, 0) is 69.9 Å². The Morgan fingerprint density at radius 3 is 2.34 bits per heavy atom. The standard InChI is InChI=1S/C27H41N3O5/c1-27(2,26(34)29(3)18-23(31)35-4)28-24(32)21-16-20-14-10-5-6-11-15-22(20)30(25(21)33)17-19-12-8-7-9-13-19/h16,19H,5-15,17-18H2,1-4H3,(H,28,32). The molecule has 194 valence electrons. The predicted octanol–water partition coefficient (Wildman–Crippen LogP) is 3.23. The van der Waals surface area contributed by atoms with Crippen LogP contribution in [-0.2, 0) is 33.7 Å². The number of aromatic nitrogens is 1. The molecule has 2 amide bonds. The number of pyridine rings is 1. The molecule has 1 N–H and O–H groups in total. The zero-order valence-electron chi connectivity index (χ0n) is 21.8. The summed E-state index contributed by atoms with van der Waals surface area (Å²) in [6.07, 6.45) is 12.0. The van der Waals surface area contributed by atoms with Crippen molar-refractivity contribution in [3.63, 3.8) is 0 Å². The SMILES string of the molecule is COC(=O)CN(C)C(=O)C(C)(C)NC(=O)c1cc2c(n(CC3CCCCC3)c1=O)CCCCCC2. The highest BCUT2D eigenvalue weighted by atomic mass is 16.5. The van der Waals surface area contributed by atoms with Gasteiger partial charge in [-0.25, -0.2) is 0 Å². The van der Waals surface area contributed by atoms with Crippen LogP contribution in [-0.4, -0.2) is 53.5 Å². The van der Waals surface area contributed by atoms with Crippen molar-refractivity contribution in [3.8, 4) is 0 Å². The number of methoxy groups -OCH3 is 1. The van der Waals surface area contributed by atoms with Crippen LogP contribution < -0.4 is 10.9 Å². The number of nitrogens with zero attached hydrogens (tertiary/aromatic N) is 2. The first-order valence-electron chi connectivity index (χ1n) is 13.0. The molecular formula is C27H41N3O5. The van der Waals surface area contributed by atoms with Crippen molar-refractivity contribution >= 4 is 17.8 Å². The molecule has 8 nitrogen and oxygen atoms in total. The van der Waals surface area contributed by atoms with Crippen molar-refractivity contribution in [2.45, 2.75) is 96.6 Å². The minimum atomic E-state index is -1.30. The van der Waals surface area contributed by atoms with E-state index in [9.17, 15) is 19.2 Å². The first kappa shape index (κ1) is 27.0. The van der Waals surface area contributed by atoms with E-state index in [1.54, 1.807) is 19.9 Å². The van der Waals surface area contributed by atoms with Gasteiger partial charge in [-0.15, -0.1) is 0 Å². The smallest absolute Gasteiger partial charge is 0.325 e. The Balaban J connectivity index is 1.91. The molecule has 0 aliphatic heterocycles. The van der Waals surface area contributed by atoms with E-state index in [1.807, 2.05) is 4.57 Å². The number of fused-ring (bicyclic) bond motifs is 1. The van der Waals surface area contributed by atoms with Gasteiger partial charge in [0.25, 0.3) is 11.5 Å². The first-order chi connectivity index (χ1) is 16.6. The molecule has 1 aromatic heterocycles. The number of rotatable bonds is 7. The second-order valence-electron chi connectivity index (χ2n) is 10.7. The second kappa shape index (κ2) is 11.9. The molecule has 2 aliphatic rings. The molecule has 0 saturated heterocycles. The van der Waals surface area contributed by atoms with Crippen LogP contribution in [0, 0.1) is 5.92 Å². The number of esters is 1. The van der Waals surface area contributed by atoms with Crippen molar-refractivity contribution in [2.75, 3.05) is 20.7 Å². The van der Waals surface area contributed by atoms with E-state index in [-0.39, 0.29) is 17.7 Å². The molecule has 0 bridgehead atoms. The summed E-state index contributed by atoms with van der Waals surface area (Å²) in [5.74, 6) is -1.08. The highest BCUT2D eigenvalue weighted by molar-refractivity contribution is 5.99. The Bertz CT molecular complexity index is 991. The third-order valence-corrected chi connectivity index (χ3v) is 7.41. The summed E-state index contributed by atoms with van der Waals surface area (Å²) in [5, 5.41) is 2.76. The lowest BCUT2D eigenvalue weighted by molar-refractivity contribution is -0.147. The first-order valence-corrected chi connectivity index (χ1v) is 13.0. The summed E-state index contributed by atoms with van der Waals surface area (Å²) < 4.78 is 6.51. The third-order valence-electron chi connectivity index (χ3n) is 7.41. The number of hydrogen-bond donors (Lipinski definition) is 1. The molecule has 2 aliphatic carbocycles. The predicted molar refractivity (Wildman–Crippen MR) is 134 cm³/mol. The molecule has 0 aromatic carbocycles. The highest BCUT2D eigenvalue weighted by Gasteiger charge is 2.34. The van der Waals surface area contributed by atoms with Crippen LogP contribution in [0.2, 0.25) is 0 Å². The number of likely N-dealkylation sites (N-methyl/N-ethyl adjacent to an activating group) is 1. The van der Waals surface area contributed by atoms with E-state index in [2.05, 4.69) is 10.1 Å². The van der Waals surface area contributed by atoms with Crippen molar-refractivity contribution in [2.24, 2.45) is 5.92 Å².